The molecule has 0 bridgehead atoms. The number of hydrogen-bond donors (Lipinski definition) is 3. The van der Waals surface area contributed by atoms with Crippen LogP contribution < -0.4 is 10.1 Å². The Labute approximate surface area is 180 Å². The SMILES string of the molecule is CS(=N)(=O)[C@@H]1C[C@@H](C(=O)O)N(C(=O)CNC(=O)c2ccc(Oc3ccccc3)cc2)C1. The maximum absolute atomic E-state index is 12.5. The van der Waals surface area contributed by atoms with Crippen LogP contribution in [-0.4, -0.2) is 62.6 Å². The molecule has 3 N–H and O–H groups in total. The molecule has 1 aliphatic rings. The van der Waals surface area contributed by atoms with E-state index in [-0.39, 0.29) is 13.0 Å². The molecule has 1 heterocycles. The van der Waals surface area contributed by atoms with Gasteiger partial charge in [0.05, 0.1) is 11.8 Å². The zero-order chi connectivity index (χ0) is 22.6. The lowest BCUT2D eigenvalue weighted by Gasteiger charge is -2.21. The first-order chi connectivity index (χ1) is 14.6. The highest BCUT2D eigenvalue weighted by molar-refractivity contribution is 7.92. The summed E-state index contributed by atoms with van der Waals surface area (Å²) in [6, 6.07) is 14.4. The number of benzene rings is 2. The lowest BCUT2D eigenvalue weighted by molar-refractivity contribution is -0.147. The minimum absolute atomic E-state index is 0.0449. The van der Waals surface area contributed by atoms with Gasteiger partial charge in [0.25, 0.3) is 5.91 Å². The van der Waals surface area contributed by atoms with Gasteiger partial charge in [-0.25, -0.2) is 9.00 Å². The normalized spacial score (nSPS) is 20.0. The average molecular weight is 445 g/mol. The van der Waals surface area contributed by atoms with E-state index in [2.05, 4.69) is 5.32 Å². The molecule has 1 saturated heterocycles. The number of carboxylic acid groups (broad SMARTS) is 1. The number of amides is 2. The van der Waals surface area contributed by atoms with Crippen LogP contribution >= 0.6 is 0 Å². The van der Waals surface area contributed by atoms with E-state index in [1.54, 1.807) is 36.4 Å². The summed E-state index contributed by atoms with van der Waals surface area (Å²) in [5.74, 6) is -1.12. The highest BCUT2D eigenvalue weighted by Gasteiger charge is 2.42. The lowest BCUT2D eigenvalue weighted by atomic mass is 10.2. The second kappa shape index (κ2) is 9.17. The highest BCUT2D eigenvalue weighted by Crippen LogP contribution is 2.24. The third-order valence-corrected chi connectivity index (χ3v) is 6.61. The molecule has 0 spiro atoms. The minimum Gasteiger partial charge on any atom is -0.480 e. The molecule has 9 nitrogen and oxygen atoms in total. The van der Waals surface area contributed by atoms with E-state index >= 15 is 0 Å². The Hall–Kier alpha value is -3.40. The van der Waals surface area contributed by atoms with Crippen molar-refractivity contribution in [3.63, 3.8) is 0 Å². The molecule has 0 radical (unpaired) electrons. The summed E-state index contributed by atoms with van der Waals surface area (Å²) in [7, 11) is -2.99. The summed E-state index contributed by atoms with van der Waals surface area (Å²) >= 11 is 0. The van der Waals surface area contributed by atoms with Gasteiger partial charge in [-0.15, -0.1) is 0 Å². The summed E-state index contributed by atoms with van der Waals surface area (Å²) < 4.78 is 25.3. The number of rotatable bonds is 7. The van der Waals surface area contributed by atoms with Crippen LogP contribution in [0.25, 0.3) is 0 Å². The van der Waals surface area contributed by atoms with Crippen molar-refractivity contribution >= 4 is 27.5 Å². The number of para-hydroxylation sites is 1. The fourth-order valence-corrected chi connectivity index (χ4v) is 4.29. The standard InChI is InChI=1S/C21H23N3O6S/c1-31(22,29)17-11-18(21(27)28)24(13-17)19(25)12-23-20(26)14-7-9-16(10-8-14)30-15-5-3-2-4-6-15/h2-10,17-18,22H,11-13H2,1H3,(H,23,26)(H,27,28)/t17-,18+,31?/m1/s1. The van der Waals surface area contributed by atoms with Gasteiger partial charge in [0.2, 0.25) is 5.91 Å². The number of carboxylic acids is 1. The fourth-order valence-electron chi connectivity index (χ4n) is 3.29. The first kappa shape index (κ1) is 22.3. The number of likely N-dealkylation sites (tertiary alicyclic amines) is 1. The molecule has 1 unspecified atom stereocenters. The van der Waals surface area contributed by atoms with Crippen LogP contribution in [0.15, 0.2) is 54.6 Å². The highest BCUT2D eigenvalue weighted by atomic mass is 32.2. The predicted octanol–water partition coefficient (Wildman–Crippen LogP) is 1.94. The van der Waals surface area contributed by atoms with Gasteiger partial charge in [0.15, 0.2) is 0 Å². The molecule has 0 aromatic heterocycles. The van der Waals surface area contributed by atoms with Gasteiger partial charge in [-0.2, -0.15) is 0 Å². The number of carbonyl (C=O) groups excluding carboxylic acids is 2. The molecule has 2 aromatic carbocycles. The number of carbonyl (C=O) groups is 3. The van der Waals surface area contributed by atoms with Crippen molar-refractivity contribution in [2.75, 3.05) is 19.3 Å². The number of nitrogens with zero attached hydrogens (tertiary/aromatic N) is 1. The Morgan fingerprint density at radius 3 is 2.32 bits per heavy atom. The molecule has 1 aliphatic heterocycles. The second-order valence-electron chi connectivity index (χ2n) is 7.28. The van der Waals surface area contributed by atoms with Gasteiger partial charge in [0.1, 0.15) is 17.5 Å². The smallest absolute Gasteiger partial charge is 0.326 e. The Balaban J connectivity index is 1.58. The van der Waals surface area contributed by atoms with Crippen LogP contribution in [-0.2, 0) is 19.3 Å². The molecule has 0 saturated carbocycles. The number of nitrogens with one attached hydrogen (secondary N) is 2. The van der Waals surface area contributed by atoms with Crippen molar-refractivity contribution in [1.29, 1.82) is 4.78 Å². The van der Waals surface area contributed by atoms with Crippen LogP contribution in [0, 0.1) is 4.78 Å². The van der Waals surface area contributed by atoms with E-state index in [4.69, 9.17) is 9.52 Å². The summed E-state index contributed by atoms with van der Waals surface area (Å²) in [5, 5.41) is 11.1. The van der Waals surface area contributed by atoms with Crippen LogP contribution in [0.2, 0.25) is 0 Å². The number of ether oxygens (including phenoxy) is 1. The Morgan fingerprint density at radius 1 is 1.13 bits per heavy atom. The molecule has 3 rings (SSSR count). The molecule has 2 amide bonds. The average Bonchev–Trinajstić information content (AvgIpc) is 3.20. The van der Waals surface area contributed by atoms with Crippen molar-refractivity contribution in [2.45, 2.75) is 17.7 Å². The van der Waals surface area contributed by atoms with Crippen molar-refractivity contribution in [2.24, 2.45) is 0 Å². The third-order valence-electron chi connectivity index (χ3n) is 5.00. The van der Waals surface area contributed by atoms with Gasteiger partial charge in [0, 0.05) is 28.1 Å². The molecule has 31 heavy (non-hydrogen) atoms. The van der Waals surface area contributed by atoms with Gasteiger partial charge in [-0.1, -0.05) is 18.2 Å². The fraction of sp³-hybridized carbons (Fsp3) is 0.286. The van der Waals surface area contributed by atoms with E-state index in [1.165, 1.54) is 6.26 Å². The molecule has 164 valence electrons. The molecule has 1 fully saturated rings. The second-order valence-corrected chi connectivity index (χ2v) is 9.76. The third kappa shape index (κ3) is 5.60. The van der Waals surface area contributed by atoms with E-state index in [0.29, 0.717) is 17.1 Å². The zero-order valence-electron chi connectivity index (χ0n) is 16.8. The van der Waals surface area contributed by atoms with Crippen LogP contribution in [0.3, 0.4) is 0 Å². The first-order valence-corrected chi connectivity index (χ1v) is 11.5. The maximum atomic E-state index is 12.5. The van der Waals surface area contributed by atoms with Gasteiger partial charge in [-0.3, -0.25) is 14.4 Å². The van der Waals surface area contributed by atoms with Crippen LogP contribution in [0.5, 0.6) is 11.5 Å². The Kier molecular flexibility index (Phi) is 6.59. The van der Waals surface area contributed by atoms with Crippen molar-refractivity contribution in [3.05, 3.63) is 60.2 Å². The lowest BCUT2D eigenvalue weighted by Crippen LogP contribution is -2.45. The molecule has 2 aromatic rings. The van der Waals surface area contributed by atoms with E-state index in [0.717, 1.165) is 4.90 Å². The summed E-state index contributed by atoms with van der Waals surface area (Å²) in [4.78, 5) is 37.4. The summed E-state index contributed by atoms with van der Waals surface area (Å²) in [6.07, 6.45) is 1.19. The Morgan fingerprint density at radius 2 is 1.74 bits per heavy atom. The van der Waals surface area contributed by atoms with Crippen molar-refractivity contribution in [1.82, 2.24) is 10.2 Å². The van der Waals surface area contributed by atoms with Gasteiger partial charge in [-0.05, 0) is 42.8 Å². The Bertz CT molecular complexity index is 1070. The van der Waals surface area contributed by atoms with Gasteiger partial charge < -0.3 is 20.1 Å². The summed E-state index contributed by atoms with van der Waals surface area (Å²) in [6.45, 7) is -0.490. The van der Waals surface area contributed by atoms with Gasteiger partial charge >= 0.3 is 5.97 Å². The zero-order valence-corrected chi connectivity index (χ0v) is 17.6. The molecular weight excluding hydrogens is 422 g/mol. The largest absolute Gasteiger partial charge is 0.480 e. The predicted molar refractivity (Wildman–Crippen MR) is 114 cm³/mol. The molecule has 10 heteroatoms. The number of aliphatic carboxylic acids is 1. The van der Waals surface area contributed by atoms with E-state index < -0.39 is 45.3 Å². The minimum atomic E-state index is -2.99. The first-order valence-electron chi connectivity index (χ1n) is 9.51. The molecule has 3 atom stereocenters. The molecule has 0 aliphatic carbocycles. The van der Waals surface area contributed by atoms with E-state index in [9.17, 15) is 23.7 Å². The molecular formula is C21H23N3O6S. The maximum Gasteiger partial charge on any atom is 0.326 e. The van der Waals surface area contributed by atoms with Crippen LogP contribution in [0.1, 0.15) is 16.8 Å². The van der Waals surface area contributed by atoms with Crippen molar-refractivity contribution in [3.8, 4) is 11.5 Å². The van der Waals surface area contributed by atoms with Crippen LogP contribution in [0.4, 0.5) is 0 Å². The van der Waals surface area contributed by atoms with Crippen molar-refractivity contribution < 1.29 is 28.4 Å². The van der Waals surface area contributed by atoms with E-state index in [1.807, 2.05) is 18.2 Å². The summed E-state index contributed by atoms with van der Waals surface area (Å²) in [5.41, 5.74) is 0.310. The monoisotopic (exact) mass is 445 g/mol. The quantitative estimate of drug-likeness (QED) is 0.596. The number of hydrogen-bond acceptors (Lipinski definition) is 6. The topological polar surface area (TPSA) is 137 Å².